The molecule has 15 heteroatoms. The molecule has 1 aromatic carbocycles. The molecule has 4 N–H and O–H groups in total. The summed E-state index contributed by atoms with van der Waals surface area (Å²) < 4.78 is 30.2. The number of hydrogen-bond acceptors (Lipinski definition) is 13. The van der Waals surface area contributed by atoms with Gasteiger partial charge in [-0.15, -0.1) is 0 Å². The van der Waals surface area contributed by atoms with Crippen molar-refractivity contribution < 1.29 is 63.0 Å². The summed E-state index contributed by atoms with van der Waals surface area (Å²) in [7, 11) is 4.54. The number of esters is 1. The van der Waals surface area contributed by atoms with Crippen LogP contribution in [0.15, 0.2) is 53.6 Å². The number of carbonyl (C=O) groups is 5. The second kappa shape index (κ2) is 23.5. The molecule has 2 saturated heterocycles. The van der Waals surface area contributed by atoms with Crippen LogP contribution < -0.4 is 5.32 Å². The number of carbonyl (C=O) groups excluding carboxylic acids is 5. The summed E-state index contributed by atoms with van der Waals surface area (Å²) in [5, 5.41) is 38.5. The molecule has 14 atom stereocenters. The third-order valence-corrected chi connectivity index (χ3v) is 14.7. The number of fused-ring (bicyclic) bond motifs is 3. The van der Waals surface area contributed by atoms with E-state index in [0.29, 0.717) is 56.2 Å². The van der Waals surface area contributed by atoms with Gasteiger partial charge in [-0.25, -0.2) is 4.79 Å². The molecule has 15 nitrogen and oxygen atoms in total. The number of nitrogens with zero attached hydrogens (tertiary/aromatic N) is 1. The van der Waals surface area contributed by atoms with E-state index in [9.17, 15) is 39.3 Å². The normalized spacial score (nSPS) is 38.0. The van der Waals surface area contributed by atoms with E-state index < -0.39 is 89.5 Å². The summed E-state index contributed by atoms with van der Waals surface area (Å²) in [6.45, 7) is 11.1. The highest BCUT2D eigenvalue weighted by atomic mass is 16.7. The fourth-order valence-electron chi connectivity index (χ4n) is 10.7. The summed E-state index contributed by atoms with van der Waals surface area (Å²) in [6, 6.07) is 7.80. The van der Waals surface area contributed by atoms with Crippen molar-refractivity contribution in [1.82, 2.24) is 4.90 Å². The number of cyclic esters (lactones) is 1. The van der Waals surface area contributed by atoms with Gasteiger partial charge in [0.1, 0.15) is 24.0 Å². The predicted octanol–water partition coefficient (Wildman–Crippen LogP) is 5.87. The van der Waals surface area contributed by atoms with Crippen LogP contribution in [-0.4, -0.2) is 131 Å². The Balaban J connectivity index is 1.47. The van der Waals surface area contributed by atoms with Crippen molar-refractivity contribution in [2.45, 2.75) is 173 Å². The highest BCUT2D eigenvalue weighted by molar-refractivity contribution is 6.39. The number of aliphatic hydroxyl groups is 3. The quantitative estimate of drug-likeness (QED) is 0.130. The van der Waals surface area contributed by atoms with Crippen molar-refractivity contribution in [1.29, 1.82) is 0 Å². The van der Waals surface area contributed by atoms with Gasteiger partial charge in [-0.2, -0.15) is 0 Å². The molecule has 4 aliphatic rings. The molecule has 3 fully saturated rings. The van der Waals surface area contributed by atoms with Gasteiger partial charge in [-0.3, -0.25) is 19.2 Å². The van der Waals surface area contributed by atoms with E-state index in [1.54, 1.807) is 32.9 Å². The molecule has 2 amide bonds. The van der Waals surface area contributed by atoms with Gasteiger partial charge in [-0.1, -0.05) is 63.6 Å². The number of benzene rings is 1. The maximum atomic E-state index is 14.5. The molecule has 1 aromatic rings. The average molecular weight is 925 g/mol. The number of ether oxygens (including phenoxy) is 5. The van der Waals surface area contributed by atoms with Crippen LogP contribution in [-0.2, 0) is 47.7 Å². The van der Waals surface area contributed by atoms with Gasteiger partial charge < -0.3 is 49.2 Å². The third-order valence-electron chi connectivity index (χ3n) is 14.7. The molecule has 368 valence electrons. The first-order valence-corrected chi connectivity index (χ1v) is 24.0. The van der Waals surface area contributed by atoms with E-state index >= 15 is 0 Å². The topological polar surface area (TPSA) is 207 Å². The molecule has 0 spiro atoms. The number of methoxy groups -OCH3 is 3. The van der Waals surface area contributed by atoms with Crippen molar-refractivity contribution in [3.8, 4) is 0 Å². The second-order valence-electron chi connectivity index (χ2n) is 19.7. The van der Waals surface area contributed by atoms with E-state index in [1.165, 1.54) is 21.3 Å². The summed E-state index contributed by atoms with van der Waals surface area (Å²) in [4.78, 5) is 71.4. The smallest absolute Gasteiger partial charge is 0.329 e. The monoisotopic (exact) mass is 925 g/mol. The lowest BCUT2D eigenvalue weighted by molar-refractivity contribution is -0.302. The Kier molecular flexibility index (Phi) is 18.9. The van der Waals surface area contributed by atoms with Crippen LogP contribution in [0.2, 0.25) is 0 Å². The number of rotatable bonds is 9. The summed E-state index contributed by atoms with van der Waals surface area (Å²) in [5.41, 5.74) is 0.724. The van der Waals surface area contributed by atoms with Crippen molar-refractivity contribution in [2.75, 3.05) is 33.2 Å². The van der Waals surface area contributed by atoms with Crippen LogP contribution in [0, 0.1) is 29.6 Å². The van der Waals surface area contributed by atoms with Gasteiger partial charge in [0.2, 0.25) is 11.7 Å². The van der Waals surface area contributed by atoms with E-state index in [0.717, 1.165) is 10.5 Å². The highest BCUT2D eigenvalue weighted by Crippen LogP contribution is 2.41. The number of Topliss-reactive ketones (excluding diaryl/α,β-unsaturated/α-hetero) is 2. The van der Waals surface area contributed by atoms with Gasteiger partial charge in [-0.05, 0) is 108 Å². The van der Waals surface area contributed by atoms with Crippen LogP contribution in [0.5, 0.6) is 0 Å². The first kappa shape index (κ1) is 53.1. The lowest BCUT2D eigenvalue weighted by Gasteiger charge is -2.47. The van der Waals surface area contributed by atoms with E-state index in [1.807, 2.05) is 51.1 Å². The molecular weight excluding hydrogens is 849 g/mol. The third kappa shape index (κ3) is 12.6. The minimum absolute atomic E-state index is 0.00784. The molecule has 0 radical (unpaired) electrons. The fourth-order valence-corrected chi connectivity index (χ4v) is 10.7. The minimum Gasteiger partial charge on any atom is -0.456 e. The minimum atomic E-state index is -2.54. The maximum absolute atomic E-state index is 14.5. The zero-order valence-corrected chi connectivity index (χ0v) is 40.5. The number of allylic oxidation sites excluding steroid dienone is 3. The molecule has 3 heterocycles. The first-order chi connectivity index (χ1) is 31.3. The number of amides is 2. The Morgan fingerprint density at radius 3 is 2.27 bits per heavy atom. The molecule has 2 bridgehead atoms. The molecule has 1 aliphatic carbocycles. The summed E-state index contributed by atoms with van der Waals surface area (Å²) >= 11 is 0. The maximum Gasteiger partial charge on any atom is 0.329 e. The SMILES string of the molecule is CCC1/C=C(\C)CC(C)CC(OC)C2OC(O)(C(=O)C(=O)N3CCCCC3C(=O)OC(C(C)=CC3CCC(O)(CC(=O)Nc4ccccc4)C(OC)C3)C(C)C(O)CC1=O)C(C)CC2OC. The molecule has 1 saturated carbocycles. The van der Waals surface area contributed by atoms with Gasteiger partial charge in [0.25, 0.3) is 11.7 Å². The van der Waals surface area contributed by atoms with E-state index in [4.69, 9.17) is 23.7 Å². The number of aliphatic hydroxyl groups excluding tert-OH is 1. The van der Waals surface area contributed by atoms with E-state index in [2.05, 4.69) is 5.32 Å². The molecule has 14 unspecified atom stereocenters. The average Bonchev–Trinajstić information content (AvgIpc) is 3.29. The standard InChI is InChI=1S/C51H76N2O13/c1-10-36-23-30(2)22-31(3)24-41(62-7)46-42(63-8)26-33(5)51(61,66-46)47(57)48(58)53-21-15-14-18-38(53)49(59)65-45(34(6)39(54)28-40(36)55)32(4)25-35-19-20-50(60,43(27-35)64-9)29-44(56)52-37-16-12-11-13-17-37/h11-13,16-17,23,25,31,33-36,38-39,41-43,45-46,54,60-61H,10,14-15,18-22,24,26-29H2,1-9H3,(H,52,56)/b30-23+,32-25?. The first-order valence-electron chi connectivity index (χ1n) is 24.0. The van der Waals surface area contributed by atoms with E-state index in [-0.39, 0.29) is 62.2 Å². The van der Waals surface area contributed by atoms with Crippen LogP contribution in [0.1, 0.15) is 119 Å². The Morgan fingerprint density at radius 1 is 0.939 bits per heavy atom. The van der Waals surface area contributed by atoms with Crippen LogP contribution in [0.25, 0.3) is 0 Å². The molecular formula is C51H76N2O13. The number of piperidine rings is 1. The molecule has 5 rings (SSSR count). The summed E-state index contributed by atoms with van der Waals surface area (Å²) in [5.74, 6) is -8.40. The van der Waals surface area contributed by atoms with Crippen molar-refractivity contribution in [3.63, 3.8) is 0 Å². The lowest BCUT2D eigenvalue weighted by Crippen LogP contribution is -2.64. The summed E-state index contributed by atoms with van der Waals surface area (Å²) in [6.07, 6.45) is 2.45. The molecule has 3 aliphatic heterocycles. The number of hydrogen-bond donors (Lipinski definition) is 4. The highest BCUT2D eigenvalue weighted by Gasteiger charge is 2.57. The zero-order chi connectivity index (χ0) is 48.5. The fraction of sp³-hybridized carbons (Fsp3) is 0.706. The van der Waals surface area contributed by atoms with Crippen molar-refractivity contribution in [3.05, 3.63) is 53.6 Å². The van der Waals surface area contributed by atoms with Crippen molar-refractivity contribution in [2.24, 2.45) is 29.6 Å². The number of nitrogens with one attached hydrogen (secondary N) is 1. The molecule has 66 heavy (non-hydrogen) atoms. The lowest BCUT2D eigenvalue weighted by atomic mass is 9.73. The Hall–Kier alpha value is -3.83. The van der Waals surface area contributed by atoms with Crippen LogP contribution >= 0.6 is 0 Å². The predicted molar refractivity (Wildman–Crippen MR) is 247 cm³/mol. The second-order valence-corrected chi connectivity index (χ2v) is 19.7. The Morgan fingerprint density at radius 2 is 1.62 bits per heavy atom. The Labute approximate surface area is 391 Å². The number of para-hydroxylation sites is 1. The van der Waals surface area contributed by atoms with Gasteiger partial charge >= 0.3 is 5.97 Å². The zero-order valence-electron chi connectivity index (χ0n) is 40.5. The largest absolute Gasteiger partial charge is 0.456 e. The van der Waals surface area contributed by atoms with Crippen molar-refractivity contribution >= 4 is 35.0 Å². The van der Waals surface area contributed by atoms with Gasteiger partial charge in [0.15, 0.2) is 0 Å². The van der Waals surface area contributed by atoms with Crippen LogP contribution in [0.3, 0.4) is 0 Å². The molecule has 0 aromatic heterocycles. The van der Waals surface area contributed by atoms with Gasteiger partial charge in [0, 0.05) is 57.7 Å². The van der Waals surface area contributed by atoms with Crippen LogP contribution in [0.4, 0.5) is 5.69 Å². The number of ketones is 2. The number of anilines is 1. The van der Waals surface area contributed by atoms with Gasteiger partial charge in [0.05, 0.1) is 36.4 Å². The Bertz CT molecular complexity index is 1910.